The normalized spacial score (nSPS) is 31.2. The highest BCUT2D eigenvalue weighted by atomic mass is 16.1. The van der Waals surface area contributed by atoms with Crippen molar-refractivity contribution in [3.05, 3.63) is 35.9 Å². The third-order valence-electron chi connectivity index (χ3n) is 4.23. The van der Waals surface area contributed by atoms with Crippen LogP contribution in [0.4, 0.5) is 0 Å². The van der Waals surface area contributed by atoms with Crippen LogP contribution in [-0.2, 0) is 11.3 Å². The van der Waals surface area contributed by atoms with Crippen molar-refractivity contribution in [2.45, 2.75) is 26.3 Å². The molecule has 0 bridgehead atoms. The van der Waals surface area contributed by atoms with Gasteiger partial charge >= 0.3 is 0 Å². The number of rotatable bonds is 4. The van der Waals surface area contributed by atoms with Gasteiger partial charge in [0.2, 0.25) is 0 Å². The van der Waals surface area contributed by atoms with Gasteiger partial charge in [-0.25, -0.2) is 0 Å². The molecular formula is C15H19NO. The highest BCUT2D eigenvalue weighted by Crippen LogP contribution is 2.60. The Labute approximate surface area is 103 Å². The van der Waals surface area contributed by atoms with Crippen LogP contribution in [0.5, 0.6) is 0 Å². The summed E-state index contributed by atoms with van der Waals surface area (Å²) in [4.78, 5) is 13.8. The fourth-order valence-electron chi connectivity index (χ4n) is 3.44. The van der Waals surface area contributed by atoms with E-state index in [4.69, 9.17) is 0 Å². The minimum absolute atomic E-state index is 0.356. The molecule has 0 amide bonds. The molecule has 1 saturated heterocycles. The van der Waals surface area contributed by atoms with E-state index in [0.29, 0.717) is 11.2 Å². The number of carbonyl (C=O) groups excluding carboxylic acids is 1. The first-order valence-electron chi connectivity index (χ1n) is 6.44. The standard InChI is InChI=1S/C15H19NO/c1-12(17)7-15-8-14(15)10-16(11-15)9-13-5-3-2-4-6-13/h2-6,14H,7-11H2,1H3/t14-,15+/m1/s1. The van der Waals surface area contributed by atoms with Gasteiger partial charge in [-0.2, -0.15) is 0 Å². The first-order chi connectivity index (χ1) is 8.18. The first kappa shape index (κ1) is 11.0. The van der Waals surface area contributed by atoms with Crippen LogP contribution in [0, 0.1) is 11.3 Å². The molecule has 2 fully saturated rings. The van der Waals surface area contributed by atoms with Crippen molar-refractivity contribution in [3.8, 4) is 0 Å². The minimum Gasteiger partial charge on any atom is -0.300 e. The van der Waals surface area contributed by atoms with Gasteiger partial charge in [-0.15, -0.1) is 0 Å². The molecule has 2 atom stereocenters. The monoisotopic (exact) mass is 229 g/mol. The van der Waals surface area contributed by atoms with Crippen molar-refractivity contribution in [2.75, 3.05) is 13.1 Å². The van der Waals surface area contributed by atoms with Crippen molar-refractivity contribution in [3.63, 3.8) is 0 Å². The van der Waals surface area contributed by atoms with Gasteiger partial charge in [-0.1, -0.05) is 30.3 Å². The predicted octanol–water partition coefficient (Wildman–Crippen LogP) is 2.49. The molecule has 0 aromatic heterocycles. The summed E-state index contributed by atoms with van der Waals surface area (Å²) in [6.07, 6.45) is 2.07. The van der Waals surface area contributed by atoms with E-state index >= 15 is 0 Å². The van der Waals surface area contributed by atoms with Gasteiger partial charge in [0.05, 0.1) is 0 Å². The molecule has 1 aromatic rings. The number of fused-ring (bicyclic) bond motifs is 1. The largest absolute Gasteiger partial charge is 0.300 e. The first-order valence-corrected chi connectivity index (χ1v) is 6.44. The second-order valence-electron chi connectivity index (χ2n) is 5.80. The number of hydrogen-bond donors (Lipinski definition) is 0. The summed E-state index contributed by atoms with van der Waals surface area (Å²) in [6.45, 7) is 5.06. The second-order valence-corrected chi connectivity index (χ2v) is 5.80. The maximum Gasteiger partial charge on any atom is 0.130 e. The number of benzene rings is 1. The Morgan fingerprint density at radius 2 is 2.18 bits per heavy atom. The molecule has 1 saturated carbocycles. The molecular weight excluding hydrogens is 210 g/mol. The van der Waals surface area contributed by atoms with Gasteiger partial charge < -0.3 is 4.79 Å². The zero-order valence-corrected chi connectivity index (χ0v) is 10.4. The van der Waals surface area contributed by atoms with Crippen LogP contribution in [0.15, 0.2) is 30.3 Å². The van der Waals surface area contributed by atoms with Crippen molar-refractivity contribution >= 4 is 5.78 Å². The smallest absolute Gasteiger partial charge is 0.130 e. The zero-order chi connectivity index (χ0) is 11.9. The Balaban J connectivity index is 1.61. The molecule has 1 aromatic carbocycles. The van der Waals surface area contributed by atoms with E-state index in [1.165, 1.54) is 18.5 Å². The number of Topliss-reactive ketones (excluding diaryl/α,β-unsaturated/α-hetero) is 1. The van der Waals surface area contributed by atoms with E-state index in [9.17, 15) is 4.79 Å². The predicted molar refractivity (Wildman–Crippen MR) is 67.6 cm³/mol. The third kappa shape index (κ3) is 2.14. The molecule has 0 unspecified atom stereocenters. The summed E-state index contributed by atoms with van der Waals surface area (Å²) in [7, 11) is 0. The lowest BCUT2D eigenvalue weighted by Crippen LogP contribution is -2.25. The Hall–Kier alpha value is -1.15. The van der Waals surface area contributed by atoms with Gasteiger partial charge in [0.25, 0.3) is 0 Å². The summed E-state index contributed by atoms with van der Waals surface area (Å²) in [6, 6.07) is 10.6. The summed E-state index contributed by atoms with van der Waals surface area (Å²) in [5, 5.41) is 0. The van der Waals surface area contributed by atoms with E-state index in [1.807, 2.05) is 0 Å². The molecule has 17 heavy (non-hydrogen) atoms. The molecule has 0 N–H and O–H groups in total. The van der Waals surface area contributed by atoms with Crippen LogP contribution in [0.1, 0.15) is 25.3 Å². The van der Waals surface area contributed by atoms with Crippen LogP contribution >= 0.6 is 0 Å². The molecule has 1 heterocycles. The van der Waals surface area contributed by atoms with Crippen molar-refractivity contribution in [1.82, 2.24) is 4.90 Å². The van der Waals surface area contributed by atoms with Crippen LogP contribution in [0.25, 0.3) is 0 Å². The van der Waals surface area contributed by atoms with Gasteiger partial charge in [0, 0.05) is 26.1 Å². The topological polar surface area (TPSA) is 20.3 Å². The van der Waals surface area contributed by atoms with E-state index in [-0.39, 0.29) is 0 Å². The van der Waals surface area contributed by atoms with Crippen molar-refractivity contribution < 1.29 is 4.79 Å². The molecule has 0 radical (unpaired) electrons. The van der Waals surface area contributed by atoms with Gasteiger partial charge in [-0.05, 0) is 30.2 Å². The van der Waals surface area contributed by atoms with Gasteiger partial charge in [-0.3, -0.25) is 4.90 Å². The fourth-order valence-corrected chi connectivity index (χ4v) is 3.44. The molecule has 1 aliphatic carbocycles. The number of carbonyl (C=O) groups is 1. The lowest BCUT2D eigenvalue weighted by molar-refractivity contribution is -0.118. The SMILES string of the molecule is CC(=O)C[C@@]12C[C@@H]1CN(Cc1ccccc1)C2. The number of piperidine rings is 1. The second kappa shape index (κ2) is 3.95. The Kier molecular flexibility index (Phi) is 2.55. The van der Waals surface area contributed by atoms with Crippen LogP contribution in [0.3, 0.4) is 0 Å². The van der Waals surface area contributed by atoms with Crippen molar-refractivity contribution in [2.24, 2.45) is 11.3 Å². The van der Waals surface area contributed by atoms with E-state index in [0.717, 1.165) is 25.4 Å². The summed E-state index contributed by atoms with van der Waals surface area (Å²) in [5.74, 6) is 1.14. The quantitative estimate of drug-likeness (QED) is 0.790. The highest BCUT2D eigenvalue weighted by Gasteiger charge is 2.59. The third-order valence-corrected chi connectivity index (χ3v) is 4.23. The molecule has 1 aliphatic heterocycles. The van der Waals surface area contributed by atoms with Crippen LogP contribution in [-0.4, -0.2) is 23.8 Å². The lowest BCUT2D eigenvalue weighted by Gasteiger charge is -2.20. The minimum atomic E-state index is 0.356. The van der Waals surface area contributed by atoms with E-state index in [2.05, 4.69) is 35.2 Å². The number of hydrogen-bond acceptors (Lipinski definition) is 2. The molecule has 0 spiro atoms. The van der Waals surface area contributed by atoms with E-state index < -0.39 is 0 Å². The lowest BCUT2D eigenvalue weighted by atomic mass is 9.99. The van der Waals surface area contributed by atoms with E-state index in [1.54, 1.807) is 6.92 Å². The maximum absolute atomic E-state index is 11.3. The highest BCUT2D eigenvalue weighted by molar-refractivity contribution is 5.77. The number of likely N-dealkylation sites (tertiary alicyclic amines) is 1. The van der Waals surface area contributed by atoms with Crippen molar-refractivity contribution in [1.29, 1.82) is 0 Å². The Morgan fingerprint density at radius 1 is 1.41 bits per heavy atom. The van der Waals surface area contributed by atoms with Crippen LogP contribution in [0.2, 0.25) is 0 Å². The maximum atomic E-state index is 11.3. The Bertz CT molecular complexity index is 428. The zero-order valence-electron chi connectivity index (χ0n) is 10.4. The molecule has 3 rings (SSSR count). The Morgan fingerprint density at radius 3 is 2.88 bits per heavy atom. The number of ketones is 1. The molecule has 90 valence electrons. The molecule has 2 heteroatoms. The summed E-state index contributed by atoms with van der Waals surface area (Å²) in [5.41, 5.74) is 1.74. The average molecular weight is 229 g/mol. The number of nitrogens with zero attached hydrogens (tertiary/aromatic N) is 1. The molecule has 2 aliphatic rings. The van der Waals surface area contributed by atoms with Gasteiger partial charge in [0.1, 0.15) is 5.78 Å². The molecule has 2 nitrogen and oxygen atoms in total. The summed E-state index contributed by atoms with van der Waals surface area (Å²) < 4.78 is 0. The van der Waals surface area contributed by atoms with Crippen LogP contribution < -0.4 is 0 Å². The van der Waals surface area contributed by atoms with Gasteiger partial charge in [0.15, 0.2) is 0 Å². The average Bonchev–Trinajstić information content (AvgIpc) is 2.80. The fraction of sp³-hybridized carbons (Fsp3) is 0.533. The summed E-state index contributed by atoms with van der Waals surface area (Å²) >= 11 is 0.